The van der Waals surface area contributed by atoms with Crippen LogP contribution in [0.5, 0.6) is 0 Å². The number of hydrogen-bond donors (Lipinski definition) is 0. The van der Waals surface area contributed by atoms with Gasteiger partial charge in [-0.05, 0) is 40.4 Å². The lowest BCUT2D eigenvalue weighted by molar-refractivity contribution is 0.112. The van der Waals surface area contributed by atoms with Gasteiger partial charge in [-0.15, -0.1) is 5.10 Å². The molecule has 2 rings (SSSR count). The number of halogens is 1. The maximum atomic E-state index is 13.1. The van der Waals surface area contributed by atoms with Crippen LogP contribution in [0.25, 0.3) is 0 Å². The van der Waals surface area contributed by atoms with Crippen LogP contribution in [0.4, 0.5) is 4.39 Å². The molecule has 2 aromatic rings. The van der Waals surface area contributed by atoms with Crippen molar-refractivity contribution in [2.45, 2.75) is 10.1 Å². The third-order valence-corrected chi connectivity index (χ3v) is 2.82. The van der Waals surface area contributed by atoms with Crippen LogP contribution in [0.1, 0.15) is 10.4 Å². The Morgan fingerprint density at radius 1 is 1.44 bits per heavy atom. The number of tetrazole rings is 1. The minimum Gasteiger partial charge on any atom is -0.298 e. The van der Waals surface area contributed by atoms with Crippen molar-refractivity contribution in [2.24, 2.45) is 7.05 Å². The number of aromatic nitrogens is 4. The van der Waals surface area contributed by atoms with Crippen molar-refractivity contribution in [2.75, 3.05) is 0 Å². The molecule has 0 N–H and O–H groups in total. The van der Waals surface area contributed by atoms with Gasteiger partial charge in [0.2, 0.25) is 5.16 Å². The molecule has 0 radical (unpaired) electrons. The summed E-state index contributed by atoms with van der Waals surface area (Å²) in [6.07, 6.45) is 0.599. The highest BCUT2D eigenvalue weighted by molar-refractivity contribution is 7.99. The predicted molar refractivity (Wildman–Crippen MR) is 54.7 cm³/mol. The summed E-state index contributed by atoms with van der Waals surface area (Å²) >= 11 is 1.19. The molecular weight excluding hydrogens is 231 g/mol. The van der Waals surface area contributed by atoms with E-state index in [1.54, 1.807) is 13.1 Å². The number of rotatable bonds is 3. The SMILES string of the molecule is Cn1nnnc1Sc1cc(F)cc(C=O)c1. The van der Waals surface area contributed by atoms with E-state index in [-0.39, 0.29) is 5.56 Å². The topological polar surface area (TPSA) is 60.7 Å². The van der Waals surface area contributed by atoms with Crippen LogP contribution < -0.4 is 0 Å². The highest BCUT2D eigenvalue weighted by atomic mass is 32.2. The minimum atomic E-state index is -0.456. The molecule has 82 valence electrons. The van der Waals surface area contributed by atoms with E-state index in [1.165, 1.54) is 28.6 Å². The zero-order valence-corrected chi connectivity index (χ0v) is 9.11. The highest BCUT2D eigenvalue weighted by Crippen LogP contribution is 2.26. The fraction of sp³-hybridized carbons (Fsp3) is 0.111. The van der Waals surface area contributed by atoms with Crippen molar-refractivity contribution >= 4 is 18.0 Å². The molecule has 7 heteroatoms. The fourth-order valence-electron chi connectivity index (χ4n) is 1.12. The number of carbonyl (C=O) groups excluding carboxylic acids is 1. The lowest BCUT2D eigenvalue weighted by atomic mass is 10.2. The Morgan fingerprint density at radius 3 is 2.88 bits per heavy atom. The number of aryl methyl sites for hydroxylation is 1. The molecule has 0 aliphatic carbocycles. The Kier molecular flexibility index (Phi) is 2.95. The Morgan fingerprint density at radius 2 is 2.25 bits per heavy atom. The molecular formula is C9H7FN4OS. The fourth-order valence-corrected chi connectivity index (χ4v) is 1.95. The molecule has 0 spiro atoms. The van der Waals surface area contributed by atoms with Gasteiger partial charge < -0.3 is 0 Å². The lowest BCUT2D eigenvalue weighted by Gasteiger charge is -2.00. The van der Waals surface area contributed by atoms with Crippen molar-refractivity contribution in [3.05, 3.63) is 29.6 Å². The monoisotopic (exact) mass is 238 g/mol. The van der Waals surface area contributed by atoms with Crippen molar-refractivity contribution in [1.82, 2.24) is 20.2 Å². The summed E-state index contributed by atoms with van der Waals surface area (Å²) in [6, 6.07) is 4.08. The van der Waals surface area contributed by atoms with Crippen LogP contribution in [0.15, 0.2) is 28.3 Å². The van der Waals surface area contributed by atoms with Crippen LogP contribution in [-0.2, 0) is 7.05 Å². The summed E-state index contributed by atoms with van der Waals surface area (Å²) in [4.78, 5) is 11.1. The summed E-state index contributed by atoms with van der Waals surface area (Å²) in [5.41, 5.74) is 0.289. The largest absolute Gasteiger partial charge is 0.298 e. The van der Waals surface area contributed by atoms with Crippen LogP contribution in [0, 0.1) is 5.82 Å². The Labute approximate surface area is 94.7 Å². The molecule has 1 aromatic heterocycles. The number of benzene rings is 1. The average Bonchev–Trinajstić information content (AvgIpc) is 2.63. The average molecular weight is 238 g/mol. The van der Waals surface area contributed by atoms with Crippen LogP contribution in [0.2, 0.25) is 0 Å². The first-order valence-electron chi connectivity index (χ1n) is 4.35. The molecule has 0 aliphatic heterocycles. The van der Waals surface area contributed by atoms with Gasteiger partial charge in [0.25, 0.3) is 0 Å². The van der Waals surface area contributed by atoms with Gasteiger partial charge in [-0.3, -0.25) is 4.79 Å². The molecule has 0 amide bonds. The van der Waals surface area contributed by atoms with Gasteiger partial charge in [-0.25, -0.2) is 9.07 Å². The molecule has 0 bridgehead atoms. The smallest absolute Gasteiger partial charge is 0.213 e. The van der Waals surface area contributed by atoms with E-state index in [2.05, 4.69) is 15.5 Å². The van der Waals surface area contributed by atoms with Crippen LogP contribution in [-0.4, -0.2) is 26.5 Å². The van der Waals surface area contributed by atoms with Crippen LogP contribution in [0.3, 0.4) is 0 Å². The van der Waals surface area contributed by atoms with Gasteiger partial charge in [-0.2, -0.15) is 0 Å². The summed E-state index contributed by atoms with van der Waals surface area (Å²) in [6.45, 7) is 0. The maximum absolute atomic E-state index is 13.1. The van der Waals surface area contributed by atoms with Gasteiger partial charge >= 0.3 is 0 Å². The lowest BCUT2D eigenvalue weighted by Crippen LogP contribution is -1.93. The minimum absolute atomic E-state index is 0.289. The molecule has 0 aliphatic rings. The molecule has 16 heavy (non-hydrogen) atoms. The molecule has 0 fully saturated rings. The molecule has 0 atom stereocenters. The molecule has 0 saturated heterocycles. The summed E-state index contributed by atoms with van der Waals surface area (Å²) in [5.74, 6) is -0.456. The van der Waals surface area contributed by atoms with Gasteiger partial charge in [0, 0.05) is 17.5 Å². The zero-order chi connectivity index (χ0) is 11.5. The van der Waals surface area contributed by atoms with Gasteiger partial charge in [0.05, 0.1) is 0 Å². The molecule has 0 saturated carbocycles. The van der Waals surface area contributed by atoms with Gasteiger partial charge in [0.15, 0.2) is 0 Å². The number of nitrogens with zero attached hydrogens (tertiary/aromatic N) is 4. The number of hydrogen-bond acceptors (Lipinski definition) is 5. The quantitative estimate of drug-likeness (QED) is 0.754. The zero-order valence-electron chi connectivity index (χ0n) is 8.29. The van der Waals surface area contributed by atoms with E-state index >= 15 is 0 Å². The van der Waals surface area contributed by atoms with E-state index in [9.17, 15) is 9.18 Å². The standard InChI is InChI=1S/C9H7FN4OS/c1-14-9(11-12-13-14)16-8-3-6(5-15)2-7(10)4-8/h2-5H,1H3. The Hall–Kier alpha value is -1.76. The summed E-state index contributed by atoms with van der Waals surface area (Å²) in [7, 11) is 1.68. The molecule has 5 nitrogen and oxygen atoms in total. The highest BCUT2D eigenvalue weighted by Gasteiger charge is 2.07. The molecule has 0 unspecified atom stereocenters. The summed E-state index contributed by atoms with van der Waals surface area (Å²) in [5, 5.41) is 11.4. The van der Waals surface area contributed by atoms with E-state index in [0.29, 0.717) is 16.3 Å². The third-order valence-electron chi connectivity index (χ3n) is 1.82. The molecule has 1 aromatic carbocycles. The van der Waals surface area contributed by atoms with E-state index < -0.39 is 5.82 Å². The number of aldehydes is 1. The number of carbonyl (C=O) groups is 1. The Bertz CT molecular complexity index is 528. The van der Waals surface area contributed by atoms with E-state index in [4.69, 9.17) is 0 Å². The van der Waals surface area contributed by atoms with Gasteiger partial charge in [0.1, 0.15) is 12.1 Å². The third kappa shape index (κ3) is 2.25. The van der Waals surface area contributed by atoms with Gasteiger partial charge in [-0.1, -0.05) is 0 Å². The first-order valence-corrected chi connectivity index (χ1v) is 5.16. The normalized spacial score (nSPS) is 10.4. The first-order chi connectivity index (χ1) is 7.69. The second kappa shape index (κ2) is 4.40. The predicted octanol–water partition coefficient (Wildman–Crippen LogP) is 1.31. The molecule has 1 heterocycles. The summed E-state index contributed by atoms with van der Waals surface area (Å²) < 4.78 is 14.6. The Balaban J connectivity index is 2.31. The van der Waals surface area contributed by atoms with Crippen molar-refractivity contribution in [3.8, 4) is 0 Å². The first kappa shape index (κ1) is 10.7. The van der Waals surface area contributed by atoms with Crippen molar-refractivity contribution in [1.29, 1.82) is 0 Å². The van der Waals surface area contributed by atoms with Crippen LogP contribution >= 0.6 is 11.8 Å². The van der Waals surface area contributed by atoms with E-state index in [0.717, 1.165) is 0 Å². The van der Waals surface area contributed by atoms with E-state index in [1.807, 2.05) is 0 Å². The second-order valence-corrected chi connectivity index (χ2v) is 4.07. The second-order valence-electron chi connectivity index (χ2n) is 3.03. The van der Waals surface area contributed by atoms with Crippen molar-refractivity contribution in [3.63, 3.8) is 0 Å². The maximum Gasteiger partial charge on any atom is 0.213 e. The van der Waals surface area contributed by atoms with Crippen molar-refractivity contribution < 1.29 is 9.18 Å².